The molecule has 0 fully saturated rings. The Hall–Kier alpha value is -1.87. The van der Waals surface area contributed by atoms with Crippen molar-refractivity contribution < 1.29 is 9.52 Å². The van der Waals surface area contributed by atoms with E-state index in [-0.39, 0.29) is 6.61 Å². The van der Waals surface area contributed by atoms with Crippen LogP contribution in [0.3, 0.4) is 0 Å². The van der Waals surface area contributed by atoms with Crippen molar-refractivity contribution >= 4 is 6.21 Å². The topological polar surface area (TPSA) is 45.7 Å². The Labute approximate surface area is 94.1 Å². The first-order valence-corrected chi connectivity index (χ1v) is 5.12. The molecule has 0 aliphatic carbocycles. The van der Waals surface area contributed by atoms with Gasteiger partial charge in [-0.2, -0.15) is 0 Å². The molecule has 2 rings (SSSR count). The molecule has 82 valence electrons. The van der Waals surface area contributed by atoms with E-state index in [0.29, 0.717) is 18.1 Å². The average molecular weight is 215 g/mol. The average Bonchev–Trinajstić information content (AvgIpc) is 2.78. The first kappa shape index (κ1) is 10.6. The van der Waals surface area contributed by atoms with Crippen molar-refractivity contribution in [2.24, 2.45) is 4.99 Å². The van der Waals surface area contributed by atoms with Crippen LogP contribution in [0.15, 0.2) is 51.9 Å². The second-order valence-electron chi connectivity index (χ2n) is 3.42. The van der Waals surface area contributed by atoms with E-state index in [1.54, 1.807) is 18.3 Å². The second kappa shape index (κ2) is 5.28. The van der Waals surface area contributed by atoms with E-state index in [1.807, 2.05) is 30.3 Å². The van der Waals surface area contributed by atoms with Gasteiger partial charge in [0.05, 0.1) is 12.8 Å². The van der Waals surface area contributed by atoms with Crippen LogP contribution in [0.5, 0.6) is 0 Å². The number of hydrogen-bond donors (Lipinski definition) is 1. The number of aliphatic imine (C=N–C) groups is 1. The van der Waals surface area contributed by atoms with E-state index in [0.717, 1.165) is 5.56 Å². The number of furan rings is 1. The zero-order chi connectivity index (χ0) is 11.2. The van der Waals surface area contributed by atoms with Gasteiger partial charge in [0.2, 0.25) is 0 Å². The Balaban J connectivity index is 1.95. The smallest absolute Gasteiger partial charge is 0.144 e. The van der Waals surface area contributed by atoms with Gasteiger partial charge < -0.3 is 9.52 Å². The molecule has 16 heavy (non-hydrogen) atoms. The van der Waals surface area contributed by atoms with Gasteiger partial charge in [-0.3, -0.25) is 4.99 Å². The highest BCUT2D eigenvalue weighted by Gasteiger charge is 1.96. The number of benzene rings is 1. The Bertz CT molecular complexity index is 460. The Morgan fingerprint density at radius 1 is 1.12 bits per heavy atom. The standard InChI is InChI=1S/C13H13NO2/c15-10-13-7-6-12(16-13)9-14-8-11-4-2-1-3-5-11/h1-7,9,15H,8,10H2. The molecule has 0 saturated carbocycles. The molecular weight excluding hydrogens is 202 g/mol. The summed E-state index contributed by atoms with van der Waals surface area (Å²) in [5.74, 6) is 1.22. The van der Waals surface area contributed by atoms with Crippen molar-refractivity contribution in [2.45, 2.75) is 13.2 Å². The fraction of sp³-hybridized carbons (Fsp3) is 0.154. The zero-order valence-electron chi connectivity index (χ0n) is 8.84. The molecule has 0 amide bonds. The minimum Gasteiger partial charge on any atom is -0.458 e. The number of aliphatic hydroxyl groups is 1. The van der Waals surface area contributed by atoms with Crippen molar-refractivity contribution in [3.8, 4) is 0 Å². The van der Waals surface area contributed by atoms with Crippen LogP contribution in [0.4, 0.5) is 0 Å². The molecule has 0 unspecified atom stereocenters. The van der Waals surface area contributed by atoms with Gasteiger partial charge in [0.25, 0.3) is 0 Å². The van der Waals surface area contributed by atoms with Crippen LogP contribution < -0.4 is 0 Å². The van der Waals surface area contributed by atoms with Crippen LogP contribution in [0.25, 0.3) is 0 Å². The summed E-state index contributed by atoms with van der Waals surface area (Å²) in [5, 5.41) is 8.82. The third-order valence-electron chi connectivity index (χ3n) is 2.17. The van der Waals surface area contributed by atoms with Crippen LogP contribution in [0.1, 0.15) is 17.1 Å². The number of nitrogens with zero attached hydrogens (tertiary/aromatic N) is 1. The molecule has 1 aromatic heterocycles. The summed E-state index contributed by atoms with van der Waals surface area (Å²) in [4.78, 5) is 4.26. The van der Waals surface area contributed by atoms with E-state index in [2.05, 4.69) is 4.99 Å². The summed E-state index contributed by atoms with van der Waals surface area (Å²) < 4.78 is 5.27. The molecule has 1 N–H and O–H groups in total. The fourth-order valence-corrected chi connectivity index (χ4v) is 1.37. The van der Waals surface area contributed by atoms with Crippen molar-refractivity contribution in [3.05, 3.63) is 59.5 Å². The Kier molecular flexibility index (Phi) is 3.51. The van der Waals surface area contributed by atoms with Gasteiger partial charge in [-0.15, -0.1) is 0 Å². The maximum Gasteiger partial charge on any atom is 0.144 e. The first-order chi connectivity index (χ1) is 7.88. The summed E-state index contributed by atoms with van der Waals surface area (Å²) in [5.41, 5.74) is 1.16. The quantitative estimate of drug-likeness (QED) is 0.796. The van der Waals surface area contributed by atoms with Gasteiger partial charge in [0.15, 0.2) is 0 Å². The lowest BCUT2D eigenvalue weighted by Gasteiger charge is -1.93. The molecule has 3 heteroatoms. The highest BCUT2D eigenvalue weighted by atomic mass is 16.4. The Morgan fingerprint density at radius 2 is 1.94 bits per heavy atom. The van der Waals surface area contributed by atoms with Crippen molar-refractivity contribution in [3.63, 3.8) is 0 Å². The van der Waals surface area contributed by atoms with Gasteiger partial charge in [0, 0.05) is 0 Å². The van der Waals surface area contributed by atoms with Crippen molar-refractivity contribution in [1.29, 1.82) is 0 Å². The highest BCUT2D eigenvalue weighted by molar-refractivity contribution is 5.75. The lowest BCUT2D eigenvalue weighted by molar-refractivity contribution is 0.247. The monoisotopic (exact) mass is 215 g/mol. The minimum absolute atomic E-state index is 0.0769. The number of hydrogen-bond acceptors (Lipinski definition) is 3. The molecule has 0 aliphatic heterocycles. The van der Waals surface area contributed by atoms with E-state index in [9.17, 15) is 0 Å². The number of rotatable bonds is 4. The third-order valence-corrected chi connectivity index (χ3v) is 2.17. The van der Waals surface area contributed by atoms with Crippen molar-refractivity contribution in [1.82, 2.24) is 0 Å². The Morgan fingerprint density at radius 3 is 2.62 bits per heavy atom. The molecule has 0 saturated heterocycles. The van der Waals surface area contributed by atoms with Crippen LogP contribution in [-0.2, 0) is 13.2 Å². The molecule has 0 bridgehead atoms. The zero-order valence-corrected chi connectivity index (χ0v) is 8.84. The first-order valence-electron chi connectivity index (χ1n) is 5.12. The van der Waals surface area contributed by atoms with E-state index in [4.69, 9.17) is 9.52 Å². The van der Waals surface area contributed by atoms with E-state index in [1.165, 1.54) is 0 Å². The van der Waals surface area contributed by atoms with E-state index >= 15 is 0 Å². The summed E-state index contributed by atoms with van der Waals surface area (Å²) >= 11 is 0. The van der Waals surface area contributed by atoms with Crippen molar-refractivity contribution in [2.75, 3.05) is 0 Å². The van der Waals surface area contributed by atoms with Gasteiger partial charge >= 0.3 is 0 Å². The van der Waals surface area contributed by atoms with Gasteiger partial charge in [-0.05, 0) is 17.7 Å². The SMILES string of the molecule is OCc1ccc(C=NCc2ccccc2)o1. The lowest BCUT2D eigenvalue weighted by Crippen LogP contribution is -1.82. The summed E-state index contributed by atoms with van der Waals surface area (Å²) in [6, 6.07) is 13.5. The molecular formula is C13H13NO2. The van der Waals surface area contributed by atoms with Gasteiger partial charge in [0.1, 0.15) is 18.1 Å². The minimum atomic E-state index is -0.0769. The summed E-state index contributed by atoms with van der Waals surface area (Å²) in [7, 11) is 0. The second-order valence-corrected chi connectivity index (χ2v) is 3.42. The normalized spacial score (nSPS) is 11.1. The molecule has 0 aliphatic rings. The van der Waals surface area contributed by atoms with Crippen LogP contribution >= 0.6 is 0 Å². The van der Waals surface area contributed by atoms with Gasteiger partial charge in [-0.1, -0.05) is 30.3 Å². The lowest BCUT2D eigenvalue weighted by atomic mass is 10.2. The molecule has 1 aromatic carbocycles. The highest BCUT2D eigenvalue weighted by Crippen LogP contribution is 2.06. The largest absolute Gasteiger partial charge is 0.458 e. The third kappa shape index (κ3) is 2.81. The summed E-state index contributed by atoms with van der Waals surface area (Å²) in [6.45, 7) is 0.558. The summed E-state index contributed by atoms with van der Waals surface area (Å²) in [6.07, 6.45) is 1.67. The molecule has 0 spiro atoms. The number of aliphatic hydroxyl groups excluding tert-OH is 1. The predicted molar refractivity (Wildman–Crippen MR) is 62.4 cm³/mol. The van der Waals surface area contributed by atoms with Crippen LogP contribution in [0.2, 0.25) is 0 Å². The molecule has 1 heterocycles. The van der Waals surface area contributed by atoms with E-state index < -0.39 is 0 Å². The molecule has 2 aromatic rings. The maximum atomic E-state index is 8.82. The molecule has 0 radical (unpaired) electrons. The molecule has 3 nitrogen and oxygen atoms in total. The van der Waals surface area contributed by atoms with Crippen LogP contribution in [-0.4, -0.2) is 11.3 Å². The maximum absolute atomic E-state index is 8.82. The van der Waals surface area contributed by atoms with Crippen LogP contribution in [0, 0.1) is 0 Å². The molecule has 0 atom stereocenters. The van der Waals surface area contributed by atoms with Gasteiger partial charge in [-0.25, -0.2) is 0 Å². The predicted octanol–water partition coefficient (Wildman–Crippen LogP) is 2.39. The fourth-order valence-electron chi connectivity index (χ4n) is 1.37.